The van der Waals surface area contributed by atoms with Crippen LogP contribution in [0.3, 0.4) is 0 Å². The van der Waals surface area contributed by atoms with Crippen LogP contribution in [0.25, 0.3) is 0 Å². The zero-order valence-electron chi connectivity index (χ0n) is 12.7. The Labute approximate surface area is 124 Å². The second kappa shape index (κ2) is 9.31. The Morgan fingerprint density at radius 2 is 2.14 bits per heavy atom. The third-order valence-electron chi connectivity index (χ3n) is 2.62. The molecular formula is C15H23FN2O3. The Morgan fingerprint density at radius 3 is 2.76 bits per heavy atom. The molecule has 6 heteroatoms. The van der Waals surface area contributed by atoms with Gasteiger partial charge in [0.05, 0.1) is 6.61 Å². The number of ether oxygens (including phenoxy) is 2. The van der Waals surface area contributed by atoms with Crippen LogP contribution in [0.4, 0.5) is 4.39 Å². The monoisotopic (exact) mass is 298 g/mol. The fourth-order valence-electron chi connectivity index (χ4n) is 1.69. The third-order valence-corrected chi connectivity index (χ3v) is 2.62. The van der Waals surface area contributed by atoms with E-state index in [9.17, 15) is 9.18 Å². The summed E-state index contributed by atoms with van der Waals surface area (Å²) in [6.07, 6.45) is 0. The van der Waals surface area contributed by atoms with E-state index in [0.717, 1.165) is 5.56 Å². The lowest BCUT2D eigenvalue weighted by Crippen LogP contribution is -2.34. The van der Waals surface area contributed by atoms with Crippen LogP contribution in [0.5, 0.6) is 5.75 Å². The lowest BCUT2D eigenvalue weighted by atomic mass is 10.2. The van der Waals surface area contributed by atoms with Crippen molar-refractivity contribution in [1.29, 1.82) is 0 Å². The molecule has 1 aromatic carbocycles. The molecule has 0 spiro atoms. The van der Waals surface area contributed by atoms with E-state index in [2.05, 4.69) is 10.6 Å². The molecule has 1 amide bonds. The fourth-order valence-corrected chi connectivity index (χ4v) is 1.69. The van der Waals surface area contributed by atoms with Gasteiger partial charge in [-0.15, -0.1) is 0 Å². The molecule has 0 aromatic heterocycles. The summed E-state index contributed by atoms with van der Waals surface area (Å²) in [5, 5.41) is 5.80. The molecule has 1 aromatic rings. The first kappa shape index (κ1) is 17.4. The number of carbonyl (C=O) groups excluding carboxylic acids is 1. The summed E-state index contributed by atoms with van der Waals surface area (Å²) < 4.78 is 23.9. The summed E-state index contributed by atoms with van der Waals surface area (Å²) in [4.78, 5) is 11.4. The van der Waals surface area contributed by atoms with Crippen LogP contribution in [-0.4, -0.2) is 38.8 Å². The summed E-state index contributed by atoms with van der Waals surface area (Å²) in [6.45, 7) is 5.36. The minimum Gasteiger partial charge on any atom is -0.481 e. The summed E-state index contributed by atoms with van der Waals surface area (Å²) >= 11 is 0. The molecular weight excluding hydrogens is 275 g/mol. The standard InChI is InChI=1S/C15H23FN2O3/c1-11(2)18-15(19)10-21-14-5-4-12(8-13(14)16)9-17-6-7-20-3/h4-5,8,11,17H,6-7,9-10H2,1-3H3,(H,18,19). The van der Waals surface area contributed by atoms with Crippen molar-refractivity contribution in [1.82, 2.24) is 10.6 Å². The van der Waals surface area contributed by atoms with Gasteiger partial charge in [-0.3, -0.25) is 4.79 Å². The minimum absolute atomic E-state index is 0.0338. The number of hydrogen-bond acceptors (Lipinski definition) is 4. The van der Waals surface area contributed by atoms with Crippen molar-refractivity contribution in [3.8, 4) is 5.75 Å². The summed E-state index contributed by atoms with van der Waals surface area (Å²) in [5.41, 5.74) is 0.808. The molecule has 0 radical (unpaired) electrons. The molecule has 2 N–H and O–H groups in total. The van der Waals surface area contributed by atoms with Gasteiger partial charge in [0.15, 0.2) is 18.2 Å². The van der Waals surface area contributed by atoms with E-state index in [1.54, 1.807) is 13.2 Å². The first-order valence-corrected chi connectivity index (χ1v) is 6.93. The van der Waals surface area contributed by atoms with Crippen LogP contribution >= 0.6 is 0 Å². The smallest absolute Gasteiger partial charge is 0.258 e. The molecule has 0 saturated carbocycles. The number of rotatable bonds is 9. The van der Waals surface area contributed by atoms with Crippen LogP contribution in [0.15, 0.2) is 18.2 Å². The van der Waals surface area contributed by atoms with Gasteiger partial charge in [-0.05, 0) is 31.5 Å². The molecule has 118 valence electrons. The molecule has 0 fully saturated rings. The second-order valence-electron chi connectivity index (χ2n) is 4.95. The first-order chi connectivity index (χ1) is 10.0. The number of carbonyl (C=O) groups is 1. The highest BCUT2D eigenvalue weighted by Gasteiger charge is 2.08. The quantitative estimate of drug-likeness (QED) is 0.678. The zero-order valence-corrected chi connectivity index (χ0v) is 12.7. The Hall–Kier alpha value is -1.66. The highest BCUT2D eigenvalue weighted by molar-refractivity contribution is 5.77. The van der Waals surface area contributed by atoms with Gasteiger partial charge in [0.1, 0.15) is 0 Å². The predicted octanol–water partition coefficient (Wildman–Crippen LogP) is 1.47. The number of hydrogen-bond donors (Lipinski definition) is 2. The SMILES string of the molecule is COCCNCc1ccc(OCC(=O)NC(C)C)c(F)c1. The topological polar surface area (TPSA) is 59.6 Å². The van der Waals surface area contributed by atoms with Gasteiger partial charge >= 0.3 is 0 Å². The lowest BCUT2D eigenvalue weighted by molar-refractivity contribution is -0.123. The van der Waals surface area contributed by atoms with E-state index in [-0.39, 0.29) is 24.3 Å². The number of nitrogens with one attached hydrogen (secondary N) is 2. The largest absolute Gasteiger partial charge is 0.481 e. The van der Waals surface area contributed by atoms with Crippen LogP contribution in [-0.2, 0) is 16.1 Å². The molecule has 0 aliphatic rings. The lowest BCUT2D eigenvalue weighted by Gasteiger charge is -2.11. The average Bonchev–Trinajstić information content (AvgIpc) is 2.42. The third kappa shape index (κ3) is 7.06. The fraction of sp³-hybridized carbons (Fsp3) is 0.533. The molecule has 0 atom stereocenters. The Bertz CT molecular complexity index is 453. The van der Waals surface area contributed by atoms with Crippen molar-refractivity contribution in [3.05, 3.63) is 29.6 Å². The van der Waals surface area contributed by atoms with Crippen molar-refractivity contribution in [3.63, 3.8) is 0 Å². The number of amides is 1. The summed E-state index contributed by atoms with van der Waals surface area (Å²) in [7, 11) is 1.63. The van der Waals surface area contributed by atoms with E-state index >= 15 is 0 Å². The van der Waals surface area contributed by atoms with Gasteiger partial charge in [-0.1, -0.05) is 6.07 Å². The van der Waals surface area contributed by atoms with E-state index < -0.39 is 5.82 Å². The van der Waals surface area contributed by atoms with Crippen LogP contribution in [0, 0.1) is 5.82 Å². The summed E-state index contributed by atoms with van der Waals surface area (Å²) in [6, 6.07) is 4.73. The molecule has 0 saturated heterocycles. The van der Waals surface area contributed by atoms with Gasteiger partial charge in [0.2, 0.25) is 0 Å². The Balaban J connectivity index is 2.44. The van der Waals surface area contributed by atoms with Crippen molar-refractivity contribution >= 4 is 5.91 Å². The van der Waals surface area contributed by atoms with Gasteiger partial charge in [-0.25, -0.2) is 4.39 Å². The first-order valence-electron chi connectivity index (χ1n) is 6.93. The van der Waals surface area contributed by atoms with E-state index in [0.29, 0.717) is 19.7 Å². The summed E-state index contributed by atoms with van der Waals surface area (Å²) in [5.74, 6) is -0.664. The van der Waals surface area contributed by atoms with E-state index in [1.807, 2.05) is 13.8 Å². The molecule has 0 unspecified atom stereocenters. The molecule has 0 bridgehead atoms. The molecule has 0 heterocycles. The van der Waals surface area contributed by atoms with Gasteiger partial charge in [0, 0.05) is 26.2 Å². The highest BCUT2D eigenvalue weighted by atomic mass is 19.1. The predicted molar refractivity (Wildman–Crippen MR) is 78.8 cm³/mol. The van der Waals surface area contributed by atoms with E-state index in [1.165, 1.54) is 12.1 Å². The maximum absolute atomic E-state index is 13.8. The van der Waals surface area contributed by atoms with Crippen LogP contribution in [0.1, 0.15) is 19.4 Å². The minimum atomic E-state index is -0.474. The molecule has 5 nitrogen and oxygen atoms in total. The molecule has 0 aliphatic carbocycles. The molecule has 21 heavy (non-hydrogen) atoms. The van der Waals surface area contributed by atoms with Crippen molar-refractivity contribution in [2.24, 2.45) is 0 Å². The highest BCUT2D eigenvalue weighted by Crippen LogP contribution is 2.18. The normalized spacial score (nSPS) is 10.7. The maximum atomic E-state index is 13.8. The Morgan fingerprint density at radius 1 is 1.38 bits per heavy atom. The second-order valence-corrected chi connectivity index (χ2v) is 4.95. The average molecular weight is 298 g/mol. The van der Waals surface area contributed by atoms with Crippen LogP contribution in [0.2, 0.25) is 0 Å². The zero-order chi connectivity index (χ0) is 15.7. The van der Waals surface area contributed by atoms with Gasteiger partial charge < -0.3 is 20.1 Å². The molecule has 1 rings (SSSR count). The van der Waals surface area contributed by atoms with E-state index in [4.69, 9.17) is 9.47 Å². The Kier molecular flexibility index (Phi) is 7.71. The molecule has 0 aliphatic heterocycles. The van der Waals surface area contributed by atoms with Crippen molar-refractivity contribution < 1.29 is 18.7 Å². The number of halogens is 1. The van der Waals surface area contributed by atoms with Gasteiger partial charge in [-0.2, -0.15) is 0 Å². The van der Waals surface area contributed by atoms with Crippen molar-refractivity contribution in [2.75, 3.05) is 26.9 Å². The maximum Gasteiger partial charge on any atom is 0.258 e. The number of benzene rings is 1. The van der Waals surface area contributed by atoms with Crippen molar-refractivity contribution in [2.45, 2.75) is 26.4 Å². The van der Waals surface area contributed by atoms with Gasteiger partial charge in [0.25, 0.3) is 5.91 Å². The van der Waals surface area contributed by atoms with Crippen LogP contribution < -0.4 is 15.4 Å². The number of methoxy groups -OCH3 is 1.